The van der Waals surface area contributed by atoms with Crippen LogP contribution in [0.4, 0.5) is 4.39 Å². The molecule has 0 amide bonds. The number of halogens is 2. The summed E-state index contributed by atoms with van der Waals surface area (Å²) in [7, 11) is 0. The van der Waals surface area contributed by atoms with Crippen LogP contribution in [0, 0.1) is 5.82 Å². The van der Waals surface area contributed by atoms with Gasteiger partial charge in [-0.2, -0.15) is 0 Å². The second kappa shape index (κ2) is 4.53. The van der Waals surface area contributed by atoms with Gasteiger partial charge in [-0.1, -0.05) is 40.2 Å². The zero-order valence-electron chi connectivity index (χ0n) is 9.36. The van der Waals surface area contributed by atoms with E-state index in [1.165, 1.54) is 6.07 Å². The summed E-state index contributed by atoms with van der Waals surface area (Å²) >= 11 is 3.29. The Morgan fingerprint density at radius 1 is 1.11 bits per heavy atom. The van der Waals surface area contributed by atoms with Crippen molar-refractivity contribution in [2.75, 3.05) is 0 Å². The van der Waals surface area contributed by atoms with Crippen LogP contribution >= 0.6 is 15.9 Å². The molecule has 0 unspecified atom stereocenters. The monoisotopic (exact) mass is 305 g/mol. The minimum atomic E-state index is -0.227. The summed E-state index contributed by atoms with van der Waals surface area (Å²) in [5, 5.41) is 1.98. The van der Waals surface area contributed by atoms with E-state index in [2.05, 4.69) is 20.9 Å². The Hall–Kier alpha value is -1.68. The molecule has 1 aromatic heterocycles. The van der Waals surface area contributed by atoms with Crippen molar-refractivity contribution in [1.82, 2.24) is 4.98 Å². The fraction of sp³-hybridized carbons (Fsp3) is 0.0714. The van der Waals surface area contributed by atoms with Crippen LogP contribution < -0.4 is 0 Å². The minimum absolute atomic E-state index is 0.227. The topological polar surface area (TPSA) is 26.0 Å². The second-order valence-corrected chi connectivity index (χ2v) is 4.45. The van der Waals surface area contributed by atoms with Crippen molar-refractivity contribution in [3.05, 3.63) is 54.3 Å². The zero-order valence-corrected chi connectivity index (χ0v) is 10.9. The summed E-state index contributed by atoms with van der Waals surface area (Å²) in [5.74, 6) is 1.04. The van der Waals surface area contributed by atoms with Crippen LogP contribution in [0.25, 0.3) is 22.1 Å². The van der Waals surface area contributed by atoms with Gasteiger partial charge in [0.1, 0.15) is 5.82 Å². The summed E-state index contributed by atoms with van der Waals surface area (Å²) in [6.45, 7) is 0. The maximum Gasteiger partial charge on any atom is 0.205 e. The van der Waals surface area contributed by atoms with Crippen molar-refractivity contribution >= 4 is 26.7 Å². The Morgan fingerprint density at radius 2 is 1.89 bits per heavy atom. The van der Waals surface area contributed by atoms with Crippen molar-refractivity contribution in [3.63, 3.8) is 0 Å². The van der Waals surface area contributed by atoms with Crippen molar-refractivity contribution in [3.8, 4) is 11.3 Å². The number of nitrogens with zero attached hydrogens (tertiary/aromatic N) is 1. The Kier molecular flexibility index (Phi) is 2.88. The molecule has 2 aromatic carbocycles. The molecule has 3 rings (SSSR count). The molecule has 0 aliphatic rings. The van der Waals surface area contributed by atoms with Gasteiger partial charge in [0.25, 0.3) is 0 Å². The molecule has 0 N–H and O–H groups in total. The van der Waals surface area contributed by atoms with Crippen molar-refractivity contribution in [2.24, 2.45) is 0 Å². The molecule has 0 radical (unpaired) electrons. The maximum absolute atomic E-state index is 13.7. The second-order valence-electron chi connectivity index (χ2n) is 3.89. The molecule has 3 aromatic rings. The first-order valence-corrected chi connectivity index (χ1v) is 6.60. The van der Waals surface area contributed by atoms with Crippen LogP contribution in [0.5, 0.6) is 0 Å². The Labute approximate surface area is 112 Å². The number of benzene rings is 2. The molecule has 0 aliphatic carbocycles. The van der Waals surface area contributed by atoms with E-state index in [-0.39, 0.29) is 5.82 Å². The van der Waals surface area contributed by atoms with Gasteiger partial charge in [-0.3, -0.25) is 0 Å². The summed E-state index contributed by atoms with van der Waals surface area (Å²) in [6, 6.07) is 10.5. The van der Waals surface area contributed by atoms with Crippen molar-refractivity contribution < 1.29 is 8.81 Å². The highest BCUT2D eigenvalue weighted by atomic mass is 79.9. The lowest BCUT2D eigenvalue weighted by Crippen LogP contribution is -1.83. The average molecular weight is 306 g/mol. The van der Waals surface area contributed by atoms with E-state index in [0.29, 0.717) is 22.4 Å². The van der Waals surface area contributed by atoms with Gasteiger partial charge < -0.3 is 4.42 Å². The molecule has 0 saturated heterocycles. The van der Waals surface area contributed by atoms with Crippen LogP contribution in [0.3, 0.4) is 0 Å². The molecule has 4 heteroatoms. The lowest BCUT2D eigenvalue weighted by atomic mass is 10.0. The predicted molar refractivity (Wildman–Crippen MR) is 72.0 cm³/mol. The third kappa shape index (κ3) is 1.82. The van der Waals surface area contributed by atoms with Crippen LogP contribution in [0.1, 0.15) is 5.89 Å². The van der Waals surface area contributed by atoms with Gasteiger partial charge in [-0.15, -0.1) is 0 Å². The molecular formula is C14H9BrFNO. The van der Waals surface area contributed by atoms with Crippen LogP contribution in [-0.2, 0) is 5.33 Å². The first-order chi connectivity index (χ1) is 8.79. The molecule has 0 saturated carbocycles. The smallest absolute Gasteiger partial charge is 0.205 e. The Morgan fingerprint density at radius 3 is 2.61 bits per heavy atom. The third-order valence-electron chi connectivity index (χ3n) is 2.80. The number of hydrogen-bond donors (Lipinski definition) is 0. The molecule has 0 bridgehead atoms. The van der Waals surface area contributed by atoms with Crippen molar-refractivity contribution in [1.29, 1.82) is 0 Å². The van der Waals surface area contributed by atoms with E-state index in [4.69, 9.17) is 4.42 Å². The van der Waals surface area contributed by atoms with E-state index < -0.39 is 0 Å². The van der Waals surface area contributed by atoms with Gasteiger partial charge in [0, 0.05) is 10.9 Å². The molecule has 0 atom stereocenters. The first kappa shape index (κ1) is 11.4. The maximum atomic E-state index is 13.7. The van der Waals surface area contributed by atoms with Crippen LogP contribution in [-0.4, -0.2) is 4.98 Å². The summed E-state index contributed by atoms with van der Waals surface area (Å²) in [5.41, 5.74) is 0.853. The van der Waals surface area contributed by atoms with Gasteiger partial charge in [0.05, 0.1) is 11.5 Å². The third-order valence-corrected chi connectivity index (χ3v) is 3.28. The van der Waals surface area contributed by atoms with E-state index in [1.54, 1.807) is 18.3 Å². The standard InChI is InChI=1S/C14H9BrFNO/c15-7-14-17-8-13(18-14)11-5-6-12(16)10-4-2-1-3-9(10)11/h1-6,8H,7H2. The SMILES string of the molecule is Fc1ccc(-c2cnc(CBr)o2)c2ccccc12. The molecule has 2 nitrogen and oxygen atoms in total. The van der Waals surface area contributed by atoms with Crippen LogP contribution in [0.2, 0.25) is 0 Å². The lowest BCUT2D eigenvalue weighted by Gasteiger charge is -2.04. The highest BCUT2D eigenvalue weighted by molar-refractivity contribution is 9.08. The summed E-state index contributed by atoms with van der Waals surface area (Å²) in [4.78, 5) is 4.13. The summed E-state index contributed by atoms with van der Waals surface area (Å²) < 4.78 is 19.3. The highest BCUT2D eigenvalue weighted by Crippen LogP contribution is 2.30. The van der Waals surface area contributed by atoms with Crippen LogP contribution in [0.15, 0.2) is 47.0 Å². The molecule has 0 fully saturated rings. The molecule has 0 aliphatic heterocycles. The number of hydrogen-bond acceptors (Lipinski definition) is 2. The lowest BCUT2D eigenvalue weighted by molar-refractivity contribution is 0.531. The largest absolute Gasteiger partial charge is 0.440 e. The number of fused-ring (bicyclic) bond motifs is 1. The van der Waals surface area contributed by atoms with Crippen molar-refractivity contribution in [2.45, 2.75) is 5.33 Å². The fourth-order valence-electron chi connectivity index (χ4n) is 1.97. The Balaban J connectivity index is 2.26. The van der Waals surface area contributed by atoms with E-state index >= 15 is 0 Å². The first-order valence-electron chi connectivity index (χ1n) is 5.48. The molecule has 1 heterocycles. The Bertz CT molecular complexity index is 708. The minimum Gasteiger partial charge on any atom is -0.440 e. The highest BCUT2D eigenvalue weighted by Gasteiger charge is 2.11. The van der Waals surface area contributed by atoms with Gasteiger partial charge in [-0.05, 0) is 17.5 Å². The van der Waals surface area contributed by atoms with E-state index in [9.17, 15) is 4.39 Å². The molecule has 0 spiro atoms. The van der Waals surface area contributed by atoms with E-state index in [0.717, 1.165) is 10.9 Å². The number of aromatic nitrogens is 1. The van der Waals surface area contributed by atoms with Gasteiger partial charge >= 0.3 is 0 Å². The van der Waals surface area contributed by atoms with Gasteiger partial charge in [0.15, 0.2) is 5.76 Å². The van der Waals surface area contributed by atoms with Gasteiger partial charge in [-0.25, -0.2) is 9.37 Å². The van der Waals surface area contributed by atoms with E-state index in [1.807, 2.05) is 18.2 Å². The fourth-order valence-corrected chi connectivity index (χ4v) is 2.23. The number of oxazole rings is 1. The quantitative estimate of drug-likeness (QED) is 0.650. The molecule has 90 valence electrons. The molecular weight excluding hydrogens is 297 g/mol. The predicted octanol–water partition coefficient (Wildman–Crippen LogP) is 4.53. The number of rotatable bonds is 2. The molecule has 18 heavy (non-hydrogen) atoms. The zero-order chi connectivity index (χ0) is 12.5. The van der Waals surface area contributed by atoms with Gasteiger partial charge in [0.2, 0.25) is 5.89 Å². The average Bonchev–Trinajstić information content (AvgIpc) is 2.88. The summed E-state index contributed by atoms with van der Waals surface area (Å²) in [6.07, 6.45) is 1.66. The normalized spacial score (nSPS) is 11.0. The number of alkyl halides is 1.